The highest BCUT2D eigenvalue weighted by Crippen LogP contribution is 2.16. The number of hydrogen-bond acceptors (Lipinski definition) is 7. The molecule has 7 nitrogen and oxygen atoms in total. The van der Waals surface area contributed by atoms with Crippen LogP contribution in [0.15, 0.2) is 4.52 Å². The highest BCUT2D eigenvalue weighted by Gasteiger charge is 2.12. The zero-order valence-corrected chi connectivity index (χ0v) is 12.5. The molecule has 0 radical (unpaired) electrons. The molecule has 2 aromatic heterocycles. The Morgan fingerprint density at radius 2 is 2.20 bits per heavy atom. The number of amides is 1. The van der Waals surface area contributed by atoms with Crippen molar-refractivity contribution in [3.63, 3.8) is 0 Å². The molecule has 2 heterocycles. The van der Waals surface area contributed by atoms with E-state index in [-0.39, 0.29) is 18.2 Å². The predicted molar refractivity (Wildman–Crippen MR) is 74.6 cm³/mol. The maximum absolute atomic E-state index is 11.8. The quantitative estimate of drug-likeness (QED) is 0.877. The molecule has 0 unspecified atom stereocenters. The first kappa shape index (κ1) is 14.6. The molecule has 0 saturated heterocycles. The minimum atomic E-state index is -0.131. The third-order valence-electron chi connectivity index (χ3n) is 2.58. The monoisotopic (exact) mass is 295 g/mol. The lowest BCUT2D eigenvalue weighted by Gasteiger charge is -1.98. The van der Waals surface area contributed by atoms with Crippen LogP contribution in [-0.2, 0) is 17.6 Å². The van der Waals surface area contributed by atoms with Gasteiger partial charge in [0.25, 0.3) is 0 Å². The first-order valence-electron chi connectivity index (χ1n) is 6.53. The molecule has 0 aromatic carbocycles. The van der Waals surface area contributed by atoms with Crippen LogP contribution in [0.4, 0.5) is 5.13 Å². The molecule has 20 heavy (non-hydrogen) atoms. The Kier molecular flexibility index (Phi) is 4.78. The van der Waals surface area contributed by atoms with Crippen molar-refractivity contribution >= 4 is 22.4 Å². The van der Waals surface area contributed by atoms with Gasteiger partial charge in [-0.25, -0.2) is 0 Å². The molecule has 0 aliphatic heterocycles. The molecule has 1 N–H and O–H groups in total. The summed E-state index contributed by atoms with van der Waals surface area (Å²) in [5.41, 5.74) is 0. The van der Waals surface area contributed by atoms with Crippen LogP contribution >= 0.6 is 11.3 Å². The average molecular weight is 295 g/mol. The first-order valence-corrected chi connectivity index (χ1v) is 7.34. The first-order chi connectivity index (χ1) is 9.58. The Balaban J connectivity index is 1.82. The van der Waals surface area contributed by atoms with E-state index in [2.05, 4.69) is 25.7 Å². The summed E-state index contributed by atoms with van der Waals surface area (Å²) in [7, 11) is 0. The standard InChI is InChI=1S/C12H17N5O2S/c1-4-10-15-16-12(20-10)13-8(18)5-6-9-14-11(7(2)3)17-19-9/h7H,4-6H2,1-3H3,(H,13,16,18). The molecule has 0 aliphatic carbocycles. The van der Waals surface area contributed by atoms with E-state index < -0.39 is 0 Å². The van der Waals surface area contributed by atoms with E-state index in [1.54, 1.807) is 0 Å². The van der Waals surface area contributed by atoms with Gasteiger partial charge in [0.15, 0.2) is 5.82 Å². The van der Waals surface area contributed by atoms with E-state index in [1.165, 1.54) is 11.3 Å². The highest BCUT2D eigenvalue weighted by atomic mass is 32.1. The van der Waals surface area contributed by atoms with Crippen LogP contribution in [0.3, 0.4) is 0 Å². The summed E-state index contributed by atoms with van der Waals surface area (Å²) in [5.74, 6) is 1.23. The molecule has 0 saturated carbocycles. The molecule has 0 fully saturated rings. The summed E-state index contributed by atoms with van der Waals surface area (Å²) < 4.78 is 5.08. The zero-order valence-electron chi connectivity index (χ0n) is 11.7. The maximum Gasteiger partial charge on any atom is 0.227 e. The average Bonchev–Trinajstić information content (AvgIpc) is 3.05. The summed E-state index contributed by atoms with van der Waals surface area (Å²) in [5, 5.41) is 15.8. The number of nitrogens with one attached hydrogen (secondary N) is 1. The van der Waals surface area contributed by atoms with Crippen LogP contribution < -0.4 is 5.32 Å². The van der Waals surface area contributed by atoms with E-state index in [0.29, 0.717) is 23.3 Å². The number of anilines is 1. The van der Waals surface area contributed by atoms with Crippen molar-refractivity contribution in [3.8, 4) is 0 Å². The van der Waals surface area contributed by atoms with Crippen LogP contribution in [0.25, 0.3) is 0 Å². The molecule has 0 spiro atoms. The van der Waals surface area contributed by atoms with Gasteiger partial charge in [-0.1, -0.05) is 37.3 Å². The van der Waals surface area contributed by atoms with Gasteiger partial charge in [0.05, 0.1) is 0 Å². The molecular formula is C12H17N5O2S. The molecule has 0 bridgehead atoms. The summed E-state index contributed by atoms with van der Waals surface area (Å²) in [6.45, 7) is 5.97. The lowest BCUT2D eigenvalue weighted by molar-refractivity contribution is -0.116. The van der Waals surface area contributed by atoms with Gasteiger partial charge in [-0.2, -0.15) is 4.98 Å². The number of hydrogen-bond donors (Lipinski definition) is 1. The van der Waals surface area contributed by atoms with E-state index in [4.69, 9.17) is 4.52 Å². The van der Waals surface area contributed by atoms with E-state index >= 15 is 0 Å². The summed E-state index contributed by atoms with van der Waals surface area (Å²) in [6, 6.07) is 0. The molecule has 2 rings (SSSR count). The second-order valence-corrected chi connectivity index (χ2v) is 5.67. The Morgan fingerprint density at radius 1 is 1.40 bits per heavy atom. The maximum atomic E-state index is 11.8. The minimum absolute atomic E-state index is 0.131. The SMILES string of the molecule is CCc1nnc(NC(=O)CCc2nc(C(C)C)no2)s1. The van der Waals surface area contributed by atoms with Gasteiger partial charge >= 0.3 is 0 Å². The number of rotatable bonds is 6. The van der Waals surface area contributed by atoms with Crippen LogP contribution in [0.5, 0.6) is 0 Å². The van der Waals surface area contributed by atoms with Gasteiger partial charge < -0.3 is 9.84 Å². The van der Waals surface area contributed by atoms with Crippen LogP contribution in [0, 0.1) is 0 Å². The van der Waals surface area contributed by atoms with Crippen molar-refractivity contribution in [2.45, 2.75) is 46.0 Å². The van der Waals surface area contributed by atoms with Crippen LogP contribution in [-0.4, -0.2) is 26.2 Å². The Morgan fingerprint density at radius 3 is 2.80 bits per heavy atom. The molecule has 8 heteroatoms. The van der Waals surface area contributed by atoms with Crippen molar-refractivity contribution in [3.05, 3.63) is 16.7 Å². The number of carbonyl (C=O) groups is 1. The fourth-order valence-corrected chi connectivity index (χ4v) is 2.15. The predicted octanol–water partition coefficient (Wildman–Crippen LogP) is 2.18. The van der Waals surface area contributed by atoms with Crippen molar-refractivity contribution in [1.29, 1.82) is 0 Å². The normalized spacial score (nSPS) is 11.0. The molecular weight excluding hydrogens is 278 g/mol. The number of aromatic nitrogens is 4. The Bertz CT molecular complexity index is 578. The van der Waals surface area contributed by atoms with Gasteiger partial charge in [0, 0.05) is 18.8 Å². The van der Waals surface area contributed by atoms with E-state index in [1.807, 2.05) is 20.8 Å². The number of aryl methyl sites for hydroxylation is 2. The molecule has 2 aromatic rings. The lowest BCUT2D eigenvalue weighted by Crippen LogP contribution is -2.12. The molecule has 108 valence electrons. The fraction of sp³-hybridized carbons (Fsp3) is 0.583. The van der Waals surface area contributed by atoms with Gasteiger partial charge in [-0.3, -0.25) is 4.79 Å². The highest BCUT2D eigenvalue weighted by molar-refractivity contribution is 7.15. The molecule has 0 atom stereocenters. The Hall–Kier alpha value is -1.83. The van der Waals surface area contributed by atoms with Gasteiger partial charge in [0.1, 0.15) is 5.01 Å². The lowest BCUT2D eigenvalue weighted by atomic mass is 10.2. The third kappa shape index (κ3) is 3.83. The minimum Gasteiger partial charge on any atom is -0.339 e. The summed E-state index contributed by atoms with van der Waals surface area (Å²) in [4.78, 5) is 16.0. The molecule has 1 amide bonds. The second kappa shape index (κ2) is 6.56. The number of carbonyl (C=O) groups excluding carboxylic acids is 1. The van der Waals surface area contributed by atoms with Crippen molar-refractivity contribution in [2.24, 2.45) is 0 Å². The van der Waals surface area contributed by atoms with Crippen molar-refractivity contribution in [1.82, 2.24) is 20.3 Å². The molecule has 0 aliphatic rings. The van der Waals surface area contributed by atoms with Crippen LogP contribution in [0.1, 0.15) is 49.8 Å². The fourth-order valence-electron chi connectivity index (χ4n) is 1.45. The topological polar surface area (TPSA) is 93.8 Å². The van der Waals surface area contributed by atoms with Crippen LogP contribution in [0.2, 0.25) is 0 Å². The van der Waals surface area contributed by atoms with E-state index in [0.717, 1.165) is 11.4 Å². The second-order valence-electron chi connectivity index (χ2n) is 4.60. The van der Waals surface area contributed by atoms with Crippen molar-refractivity contribution in [2.75, 3.05) is 5.32 Å². The largest absolute Gasteiger partial charge is 0.339 e. The van der Waals surface area contributed by atoms with Gasteiger partial charge in [-0.15, -0.1) is 10.2 Å². The van der Waals surface area contributed by atoms with Gasteiger partial charge in [-0.05, 0) is 6.42 Å². The van der Waals surface area contributed by atoms with E-state index in [9.17, 15) is 4.79 Å². The summed E-state index contributed by atoms with van der Waals surface area (Å²) in [6.07, 6.45) is 1.51. The summed E-state index contributed by atoms with van der Waals surface area (Å²) >= 11 is 1.39. The third-order valence-corrected chi connectivity index (χ3v) is 3.56. The van der Waals surface area contributed by atoms with Gasteiger partial charge in [0.2, 0.25) is 16.9 Å². The van der Waals surface area contributed by atoms with Crippen molar-refractivity contribution < 1.29 is 9.32 Å². The Labute approximate surface area is 120 Å². The zero-order chi connectivity index (χ0) is 14.5. The smallest absolute Gasteiger partial charge is 0.227 e. The number of nitrogens with zero attached hydrogens (tertiary/aromatic N) is 4.